The highest BCUT2D eigenvalue weighted by Gasteiger charge is 2.57. The number of hydrogen-bond acceptors (Lipinski definition) is 8. The van der Waals surface area contributed by atoms with Gasteiger partial charge in [-0.05, 0) is 84.9 Å². The average molecular weight is 531 g/mol. The Labute approximate surface area is 227 Å². The molecule has 5 rings (SSSR count). The summed E-state index contributed by atoms with van der Waals surface area (Å²) in [6.45, 7) is 1.68. The van der Waals surface area contributed by atoms with Crippen LogP contribution < -0.4 is 10.4 Å². The summed E-state index contributed by atoms with van der Waals surface area (Å²) in [5, 5.41) is 49.8. The van der Waals surface area contributed by atoms with Crippen LogP contribution >= 0.6 is 0 Å². The Hall–Kier alpha value is -3.21. The van der Waals surface area contributed by atoms with Crippen molar-refractivity contribution in [3.05, 3.63) is 70.8 Å². The molecule has 0 spiro atoms. The lowest BCUT2D eigenvalue weighted by Crippen LogP contribution is -2.46. The van der Waals surface area contributed by atoms with E-state index in [-0.39, 0.29) is 36.2 Å². The molecule has 5 N–H and O–H groups in total. The molecule has 2 amide bonds. The highest BCUT2D eigenvalue weighted by Crippen LogP contribution is 2.51. The number of rotatable bonds is 7. The first-order valence-electron chi connectivity index (χ1n) is 13.1. The molecule has 0 saturated carbocycles. The zero-order valence-corrected chi connectivity index (χ0v) is 21.6. The van der Waals surface area contributed by atoms with Crippen molar-refractivity contribution in [3.8, 4) is 5.75 Å². The van der Waals surface area contributed by atoms with Gasteiger partial charge in [-0.15, -0.1) is 0 Å². The molecule has 4 atom stereocenters. The van der Waals surface area contributed by atoms with Gasteiger partial charge >= 0.3 is 14.2 Å². The number of anilines is 1. The second kappa shape index (κ2) is 11.1. The van der Waals surface area contributed by atoms with E-state index in [1.807, 2.05) is 19.1 Å². The van der Waals surface area contributed by atoms with Gasteiger partial charge in [-0.3, -0.25) is 14.5 Å². The number of aliphatic hydroxyl groups is 1. The van der Waals surface area contributed by atoms with Gasteiger partial charge in [-0.2, -0.15) is 0 Å². The predicted octanol–water partition coefficient (Wildman–Crippen LogP) is 1.25. The van der Waals surface area contributed by atoms with Crippen LogP contribution in [-0.2, 0) is 14.2 Å². The smallest absolute Gasteiger partial charge is 0.488 e. The summed E-state index contributed by atoms with van der Waals surface area (Å²) < 4.78 is 5.93. The molecule has 9 nitrogen and oxygen atoms in total. The molecule has 1 aliphatic carbocycles. The van der Waals surface area contributed by atoms with Crippen LogP contribution in [0.2, 0.25) is 6.32 Å². The lowest BCUT2D eigenvalue weighted by Gasteiger charge is -2.42. The quantitative estimate of drug-likeness (QED) is 0.204. The summed E-state index contributed by atoms with van der Waals surface area (Å²) in [6.07, 6.45) is 2.91. The minimum absolute atomic E-state index is 0.136. The van der Waals surface area contributed by atoms with Gasteiger partial charge in [0.25, 0.3) is 0 Å². The van der Waals surface area contributed by atoms with Crippen molar-refractivity contribution < 1.29 is 39.5 Å². The Balaban J connectivity index is 1.41. The molecular weight excluding hydrogens is 500 g/mol. The second-order valence-electron chi connectivity index (χ2n) is 10.6. The number of phenols is 1. The molecule has 202 valence electrons. The molecule has 2 saturated heterocycles. The van der Waals surface area contributed by atoms with Gasteiger partial charge in [-0.25, -0.2) is 0 Å². The van der Waals surface area contributed by atoms with Gasteiger partial charge in [0.2, 0.25) is 11.8 Å². The van der Waals surface area contributed by atoms with Crippen LogP contribution in [0, 0.1) is 17.8 Å². The molecule has 0 aromatic heterocycles. The van der Waals surface area contributed by atoms with Crippen LogP contribution in [-0.4, -0.2) is 64.0 Å². The largest absolute Gasteiger partial charge is 0.508 e. The number of nitrogens with zero attached hydrogens (tertiary/aromatic N) is 1. The molecule has 0 unspecified atom stereocenters. The number of allylic oxidation sites excluding steroid dienone is 1. The summed E-state index contributed by atoms with van der Waals surface area (Å²) in [7, 11) is -2.87. The van der Waals surface area contributed by atoms with Crippen molar-refractivity contribution in [3.63, 3.8) is 0 Å². The minimum atomic E-state index is -1.74. The van der Waals surface area contributed by atoms with Crippen molar-refractivity contribution in [2.45, 2.75) is 38.6 Å². The Morgan fingerprint density at radius 2 is 1.90 bits per heavy atom. The van der Waals surface area contributed by atoms with E-state index in [1.54, 1.807) is 30.3 Å². The fourth-order valence-corrected chi connectivity index (χ4v) is 6.32. The Bertz CT molecular complexity index is 1340. The molecule has 2 fully saturated rings. The van der Waals surface area contributed by atoms with Crippen molar-refractivity contribution in [2.75, 3.05) is 11.5 Å². The molecule has 0 radical (unpaired) electrons. The number of phenolic OH excluding ortho intramolecular Hbond substituents is 1. The van der Waals surface area contributed by atoms with E-state index in [2.05, 4.69) is 0 Å². The number of carbonyl (C=O) groups is 2. The molecule has 2 aromatic rings. The maximum atomic E-state index is 13.7. The summed E-state index contributed by atoms with van der Waals surface area (Å²) in [6, 6.07) is 12.9. The third-order valence-electron chi connectivity index (χ3n) is 8.01. The van der Waals surface area contributed by atoms with E-state index in [0.29, 0.717) is 18.4 Å². The van der Waals surface area contributed by atoms with E-state index >= 15 is 0 Å². The molecule has 2 heterocycles. The molecule has 2 aromatic carbocycles. The van der Waals surface area contributed by atoms with Gasteiger partial charge in [0.05, 0.1) is 30.2 Å². The van der Waals surface area contributed by atoms with Crippen LogP contribution in [0.3, 0.4) is 0 Å². The SMILES string of the molecule is C/C(=C\c1cccc(O)c1)CC[C@H]1OB(O)C[C@H]2C1=C(CO)C[C@H]1C(=O)N(c3cccc(B(O)O)c3)C(=O)[C@H]12. The first-order valence-corrected chi connectivity index (χ1v) is 13.1. The van der Waals surface area contributed by atoms with Crippen LogP contribution in [0.1, 0.15) is 31.7 Å². The molecule has 11 heteroatoms. The van der Waals surface area contributed by atoms with E-state index in [0.717, 1.165) is 21.6 Å². The highest BCUT2D eigenvalue weighted by atomic mass is 16.5. The number of benzene rings is 2. The number of aliphatic hydroxyl groups excluding tert-OH is 1. The third kappa shape index (κ3) is 5.33. The van der Waals surface area contributed by atoms with Crippen molar-refractivity contribution >= 4 is 43.3 Å². The lowest BCUT2D eigenvalue weighted by molar-refractivity contribution is -0.122. The van der Waals surface area contributed by atoms with Gasteiger partial charge in [0.1, 0.15) is 5.75 Å². The van der Waals surface area contributed by atoms with Crippen molar-refractivity contribution in [1.82, 2.24) is 0 Å². The first-order chi connectivity index (χ1) is 18.7. The van der Waals surface area contributed by atoms with E-state index in [1.165, 1.54) is 12.1 Å². The van der Waals surface area contributed by atoms with Crippen molar-refractivity contribution in [2.24, 2.45) is 17.8 Å². The molecular formula is C28H31B2NO8. The fraction of sp³-hybridized carbons (Fsp3) is 0.357. The predicted molar refractivity (Wildman–Crippen MR) is 147 cm³/mol. The molecule has 0 bridgehead atoms. The topological polar surface area (TPSA) is 148 Å². The van der Waals surface area contributed by atoms with Crippen LogP contribution in [0.5, 0.6) is 5.75 Å². The molecule has 39 heavy (non-hydrogen) atoms. The summed E-state index contributed by atoms with van der Waals surface area (Å²) in [5.74, 6) is -2.49. The standard InChI is InChI=1S/C28H31B2NO8/c1-16(10-17-4-2-7-21(33)11-17)8-9-24-25-18(15-32)12-22-26(23(25)14-29(36)39-24)28(35)31(27(22)34)20-6-3-5-19(13-20)30(37)38/h2-7,10-11,13,22-24,26,32-33,36-38H,8-9,12,14-15H2,1H3/b16-10+/t22-,23+,24-,26-/m1/s1. The summed E-state index contributed by atoms with van der Waals surface area (Å²) in [4.78, 5) is 28.3. The maximum absolute atomic E-state index is 13.7. The minimum Gasteiger partial charge on any atom is -0.508 e. The number of imide groups is 1. The van der Waals surface area contributed by atoms with Crippen LogP contribution in [0.15, 0.2) is 65.3 Å². The highest BCUT2D eigenvalue weighted by molar-refractivity contribution is 6.58. The second-order valence-corrected chi connectivity index (χ2v) is 10.6. The zero-order chi connectivity index (χ0) is 27.8. The number of aromatic hydroxyl groups is 1. The lowest BCUT2D eigenvalue weighted by atomic mass is 9.58. The van der Waals surface area contributed by atoms with Crippen molar-refractivity contribution in [1.29, 1.82) is 0 Å². The Morgan fingerprint density at radius 1 is 1.13 bits per heavy atom. The maximum Gasteiger partial charge on any atom is 0.488 e. The Kier molecular flexibility index (Phi) is 7.80. The number of fused-ring (bicyclic) bond motifs is 3. The Morgan fingerprint density at radius 3 is 2.62 bits per heavy atom. The summed E-state index contributed by atoms with van der Waals surface area (Å²) >= 11 is 0. The van der Waals surface area contributed by atoms with Gasteiger partial charge in [0.15, 0.2) is 0 Å². The summed E-state index contributed by atoms with van der Waals surface area (Å²) in [5.41, 5.74) is 3.76. The van der Waals surface area contributed by atoms with E-state index in [4.69, 9.17) is 4.65 Å². The monoisotopic (exact) mass is 531 g/mol. The van der Waals surface area contributed by atoms with Crippen LogP contribution in [0.25, 0.3) is 6.08 Å². The van der Waals surface area contributed by atoms with Gasteiger partial charge in [-0.1, -0.05) is 35.9 Å². The average Bonchev–Trinajstić information content (AvgIpc) is 3.16. The first kappa shape index (κ1) is 27.4. The van der Waals surface area contributed by atoms with Gasteiger partial charge in [0, 0.05) is 0 Å². The normalized spacial score (nSPS) is 25.2. The van der Waals surface area contributed by atoms with E-state index in [9.17, 15) is 34.9 Å². The van der Waals surface area contributed by atoms with Crippen LogP contribution in [0.4, 0.5) is 5.69 Å². The third-order valence-corrected chi connectivity index (χ3v) is 8.01. The molecule has 2 aliphatic heterocycles. The van der Waals surface area contributed by atoms with Gasteiger partial charge < -0.3 is 29.9 Å². The fourth-order valence-electron chi connectivity index (χ4n) is 6.32. The number of hydrogen-bond donors (Lipinski definition) is 5. The number of amides is 2. The zero-order valence-electron chi connectivity index (χ0n) is 21.6. The van der Waals surface area contributed by atoms with E-state index < -0.39 is 49.9 Å². The number of carbonyl (C=O) groups excluding carboxylic acids is 2. The molecule has 3 aliphatic rings.